The molecule has 1 fully saturated rings. The van der Waals surface area contributed by atoms with Crippen molar-refractivity contribution in [2.75, 3.05) is 27.2 Å². The molecule has 2 rings (SSSR count). The van der Waals surface area contributed by atoms with E-state index in [-0.39, 0.29) is 11.9 Å². The maximum absolute atomic E-state index is 12.3. The number of likely N-dealkylation sites (N-methyl/N-ethyl adjacent to an activating group) is 1. The fraction of sp³-hybridized carbons (Fsp3) is 0.500. The van der Waals surface area contributed by atoms with Crippen molar-refractivity contribution in [1.82, 2.24) is 9.80 Å². The number of amides is 1. The molecule has 20 heavy (non-hydrogen) atoms. The fourth-order valence-electron chi connectivity index (χ4n) is 2.42. The summed E-state index contributed by atoms with van der Waals surface area (Å²) in [5.41, 5.74) is 0. The number of β-amino-alcohol motifs (C(OH)–C–C–N with tert-alkyl or cyclic N) is 1. The summed E-state index contributed by atoms with van der Waals surface area (Å²) < 4.78 is 1.05. The fourth-order valence-corrected chi connectivity index (χ4v) is 3.75. The lowest BCUT2D eigenvalue weighted by Gasteiger charge is -2.25. The normalized spacial score (nSPS) is 23.1. The van der Waals surface area contributed by atoms with Crippen molar-refractivity contribution in [3.05, 3.63) is 26.9 Å². The standard InChI is InChI=1S/C14H19BrN2O2S/c1-16(2)8-10-7-11(18)9-17(10)14(19)6-4-12-3-5-13(15)20-12/h3-6,10-11,18H,7-9H2,1-2H3. The highest BCUT2D eigenvalue weighted by atomic mass is 79.9. The van der Waals surface area contributed by atoms with Gasteiger partial charge < -0.3 is 14.9 Å². The van der Waals surface area contributed by atoms with Gasteiger partial charge in [-0.25, -0.2) is 0 Å². The smallest absolute Gasteiger partial charge is 0.246 e. The average molecular weight is 359 g/mol. The lowest BCUT2D eigenvalue weighted by molar-refractivity contribution is -0.127. The van der Waals surface area contributed by atoms with Crippen LogP contribution in [0.2, 0.25) is 0 Å². The Balaban J connectivity index is 2.01. The highest BCUT2D eigenvalue weighted by Crippen LogP contribution is 2.24. The predicted molar refractivity (Wildman–Crippen MR) is 85.7 cm³/mol. The van der Waals surface area contributed by atoms with Crippen molar-refractivity contribution in [2.24, 2.45) is 0 Å². The molecular weight excluding hydrogens is 340 g/mol. The van der Waals surface area contributed by atoms with E-state index in [2.05, 4.69) is 15.9 Å². The quantitative estimate of drug-likeness (QED) is 0.837. The molecule has 1 amide bonds. The third-order valence-electron chi connectivity index (χ3n) is 3.24. The summed E-state index contributed by atoms with van der Waals surface area (Å²) >= 11 is 4.99. The Bertz CT molecular complexity index is 501. The highest BCUT2D eigenvalue weighted by molar-refractivity contribution is 9.11. The summed E-state index contributed by atoms with van der Waals surface area (Å²) in [6, 6.07) is 4.02. The van der Waals surface area contributed by atoms with E-state index in [0.717, 1.165) is 15.2 Å². The molecule has 0 aliphatic carbocycles. The molecule has 2 heterocycles. The first-order valence-corrected chi connectivity index (χ1v) is 8.13. The molecule has 0 aromatic carbocycles. The topological polar surface area (TPSA) is 43.8 Å². The van der Waals surface area contributed by atoms with Crippen molar-refractivity contribution >= 4 is 39.2 Å². The van der Waals surface area contributed by atoms with Crippen molar-refractivity contribution in [3.63, 3.8) is 0 Å². The Labute approximate surface area is 131 Å². The van der Waals surface area contributed by atoms with E-state index in [0.29, 0.717) is 13.0 Å². The SMILES string of the molecule is CN(C)CC1CC(O)CN1C(=O)C=Cc1ccc(Br)s1. The number of hydrogen-bond acceptors (Lipinski definition) is 4. The molecule has 0 spiro atoms. The Hall–Kier alpha value is -0.690. The van der Waals surface area contributed by atoms with Gasteiger partial charge in [0.05, 0.1) is 9.89 Å². The van der Waals surface area contributed by atoms with Crippen molar-refractivity contribution in [2.45, 2.75) is 18.6 Å². The van der Waals surface area contributed by atoms with E-state index in [4.69, 9.17) is 0 Å². The van der Waals surface area contributed by atoms with Gasteiger partial charge in [0.2, 0.25) is 5.91 Å². The van der Waals surface area contributed by atoms with Crippen LogP contribution in [0.15, 0.2) is 22.0 Å². The van der Waals surface area contributed by atoms with Gasteiger partial charge in [0.1, 0.15) is 0 Å². The Kier molecular flexibility index (Phi) is 5.37. The lowest BCUT2D eigenvalue weighted by Crippen LogP contribution is -2.40. The number of carbonyl (C=O) groups is 1. The van der Waals surface area contributed by atoms with Crippen LogP contribution in [0.3, 0.4) is 0 Å². The third kappa shape index (κ3) is 4.15. The first-order valence-electron chi connectivity index (χ1n) is 6.52. The molecule has 0 saturated carbocycles. The summed E-state index contributed by atoms with van der Waals surface area (Å²) in [5.74, 6) is -0.0297. The number of nitrogens with zero attached hydrogens (tertiary/aromatic N) is 2. The molecule has 4 nitrogen and oxygen atoms in total. The van der Waals surface area contributed by atoms with Crippen molar-refractivity contribution in [3.8, 4) is 0 Å². The first kappa shape index (κ1) is 15.7. The molecule has 2 unspecified atom stereocenters. The average Bonchev–Trinajstić information content (AvgIpc) is 2.92. The van der Waals surface area contributed by atoms with E-state index in [1.165, 1.54) is 0 Å². The molecule has 0 radical (unpaired) electrons. The number of likely N-dealkylation sites (tertiary alicyclic amines) is 1. The number of carbonyl (C=O) groups excluding carboxylic acids is 1. The highest BCUT2D eigenvalue weighted by Gasteiger charge is 2.33. The minimum atomic E-state index is -0.409. The van der Waals surface area contributed by atoms with Crippen LogP contribution in [0, 0.1) is 0 Å². The minimum Gasteiger partial charge on any atom is -0.391 e. The number of aliphatic hydroxyl groups excluding tert-OH is 1. The second kappa shape index (κ2) is 6.85. The second-order valence-corrected chi connectivity index (χ2v) is 7.77. The third-order valence-corrected chi connectivity index (χ3v) is 4.82. The molecule has 1 saturated heterocycles. The van der Waals surface area contributed by atoms with Gasteiger partial charge in [-0.2, -0.15) is 0 Å². The molecular formula is C14H19BrN2O2S. The van der Waals surface area contributed by atoms with Crippen molar-refractivity contribution in [1.29, 1.82) is 0 Å². The van der Waals surface area contributed by atoms with Crippen LogP contribution in [0.25, 0.3) is 6.08 Å². The Morgan fingerprint density at radius 3 is 2.95 bits per heavy atom. The van der Waals surface area contributed by atoms with Crippen LogP contribution in [-0.2, 0) is 4.79 Å². The zero-order valence-electron chi connectivity index (χ0n) is 11.6. The maximum Gasteiger partial charge on any atom is 0.246 e. The van der Waals surface area contributed by atoms with Crippen LogP contribution >= 0.6 is 27.3 Å². The van der Waals surface area contributed by atoms with Gasteiger partial charge in [-0.1, -0.05) is 0 Å². The van der Waals surface area contributed by atoms with Crippen molar-refractivity contribution < 1.29 is 9.90 Å². The summed E-state index contributed by atoms with van der Waals surface area (Å²) in [4.78, 5) is 17.1. The molecule has 2 atom stereocenters. The molecule has 1 aromatic heterocycles. The van der Waals surface area contributed by atoms with Gasteiger partial charge >= 0.3 is 0 Å². The monoisotopic (exact) mass is 358 g/mol. The zero-order chi connectivity index (χ0) is 14.7. The predicted octanol–water partition coefficient (Wildman–Crippen LogP) is 2.05. The van der Waals surface area contributed by atoms with Crippen LogP contribution < -0.4 is 0 Å². The lowest BCUT2D eigenvalue weighted by atomic mass is 10.2. The van der Waals surface area contributed by atoms with Gasteiger partial charge in [-0.05, 0) is 54.7 Å². The van der Waals surface area contributed by atoms with Gasteiger partial charge in [-0.3, -0.25) is 4.79 Å². The Morgan fingerprint density at radius 1 is 1.60 bits per heavy atom. The van der Waals surface area contributed by atoms with E-state index in [1.807, 2.05) is 37.2 Å². The van der Waals surface area contributed by atoms with Gasteiger partial charge in [-0.15, -0.1) is 11.3 Å². The van der Waals surface area contributed by atoms with Crippen LogP contribution in [0.4, 0.5) is 0 Å². The maximum atomic E-state index is 12.3. The first-order chi connectivity index (χ1) is 9.45. The Morgan fingerprint density at radius 2 is 2.35 bits per heavy atom. The van der Waals surface area contributed by atoms with E-state index in [1.54, 1.807) is 22.3 Å². The number of rotatable bonds is 4. The summed E-state index contributed by atoms with van der Waals surface area (Å²) in [6.45, 7) is 1.21. The molecule has 1 aliphatic heterocycles. The largest absolute Gasteiger partial charge is 0.391 e. The number of aliphatic hydroxyl groups is 1. The number of thiophene rings is 1. The molecule has 1 N–H and O–H groups in total. The van der Waals surface area contributed by atoms with E-state index >= 15 is 0 Å². The minimum absolute atomic E-state index is 0.0297. The molecule has 0 bridgehead atoms. The van der Waals surface area contributed by atoms with Gasteiger partial charge in [0.25, 0.3) is 0 Å². The van der Waals surface area contributed by atoms with Gasteiger partial charge in [0, 0.05) is 30.1 Å². The van der Waals surface area contributed by atoms with E-state index in [9.17, 15) is 9.90 Å². The summed E-state index contributed by atoms with van der Waals surface area (Å²) in [7, 11) is 3.96. The van der Waals surface area contributed by atoms with E-state index < -0.39 is 6.10 Å². The van der Waals surface area contributed by atoms with Crippen LogP contribution in [0.1, 0.15) is 11.3 Å². The molecule has 110 valence electrons. The summed E-state index contributed by atoms with van der Waals surface area (Å²) in [6.07, 6.45) is 3.67. The summed E-state index contributed by atoms with van der Waals surface area (Å²) in [5, 5.41) is 9.78. The van der Waals surface area contributed by atoms with Gasteiger partial charge in [0.15, 0.2) is 0 Å². The molecule has 1 aromatic rings. The number of hydrogen-bond donors (Lipinski definition) is 1. The molecule has 1 aliphatic rings. The zero-order valence-corrected chi connectivity index (χ0v) is 14.0. The van der Waals surface area contributed by atoms with Crippen LogP contribution in [-0.4, -0.2) is 60.1 Å². The number of halogens is 1. The second-order valence-electron chi connectivity index (χ2n) is 5.27. The van der Waals surface area contributed by atoms with Crippen LogP contribution in [0.5, 0.6) is 0 Å². The molecule has 6 heteroatoms.